The van der Waals surface area contributed by atoms with E-state index in [1.807, 2.05) is 0 Å². The fraction of sp³-hybridized carbons (Fsp3) is 0.500. The van der Waals surface area contributed by atoms with Gasteiger partial charge < -0.3 is 9.84 Å². The minimum atomic E-state index is -1.02. The molecular weight excluding hydrogens is 200 g/mol. The molecule has 0 saturated heterocycles. The van der Waals surface area contributed by atoms with Gasteiger partial charge in [-0.2, -0.15) is 0 Å². The predicted octanol–water partition coefficient (Wildman–Crippen LogP) is 1.38. The molecule has 0 amide bonds. The first kappa shape index (κ1) is 15.8. The summed E-state index contributed by atoms with van der Waals surface area (Å²) in [4.78, 5) is 30.3. The second kappa shape index (κ2) is 8.93. The van der Waals surface area contributed by atoms with Gasteiger partial charge >= 0.3 is 11.9 Å². The van der Waals surface area contributed by atoms with Gasteiger partial charge in [0.05, 0.1) is 6.26 Å². The standard InChI is InChI=1S/C6H10O3.C4H6O2/c1-3-5(4(2)7)6(8)9;1-3-6-4(2)5/h5H,3H2,1-2H3,(H,8,9);3H,1H2,2H3. The predicted molar refractivity (Wildman–Crippen MR) is 54.1 cm³/mol. The summed E-state index contributed by atoms with van der Waals surface area (Å²) < 4.78 is 4.17. The Labute approximate surface area is 88.7 Å². The highest BCUT2D eigenvalue weighted by atomic mass is 16.5. The van der Waals surface area contributed by atoms with E-state index in [0.29, 0.717) is 6.42 Å². The van der Waals surface area contributed by atoms with Gasteiger partial charge in [0.2, 0.25) is 0 Å². The summed E-state index contributed by atoms with van der Waals surface area (Å²) in [6, 6.07) is 0. The summed E-state index contributed by atoms with van der Waals surface area (Å²) in [7, 11) is 0. The van der Waals surface area contributed by atoms with Crippen LogP contribution in [-0.4, -0.2) is 22.8 Å². The molecule has 0 spiro atoms. The highest BCUT2D eigenvalue weighted by molar-refractivity contribution is 5.96. The van der Waals surface area contributed by atoms with E-state index in [2.05, 4.69) is 11.3 Å². The molecule has 0 bridgehead atoms. The molecule has 0 fully saturated rings. The number of carboxylic acids is 1. The van der Waals surface area contributed by atoms with E-state index in [0.717, 1.165) is 6.26 Å². The summed E-state index contributed by atoms with van der Waals surface area (Å²) in [6.07, 6.45) is 1.48. The molecule has 0 heterocycles. The second-order valence-corrected chi connectivity index (χ2v) is 2.69. The third-order valence-electron chi connectivity index (χ3n) is 1.45. The zero-order valence-corrected chi connectivity index (χ0v) is 9.15. The van der Waals surface area contributed by atoms with Crippen LogP contribution in [0.3, 0.4) is 0 Å². The van der Waals surface area contributed by atoms with Crippen LogP contribution in [0, 0.1) is 5.92 Å². The molecule has 1 N–H and O–H groups in total. The fourth-order valence-corrected chi connectivity index (χ4v) is 0.753. The third kappa shape index (κ3) is 10.3. The van der Waals surface area contributed by atoms with Crippen LogP contribution < -0.4 is 0 Å². The van der Waals surface area contributed by atoms with Gasteiger partial charge in [0.1, 0.15) is 11.7 Å². The number of ether oxygens (including phenoxy) is 1. The summed E-state index contributed by atoms with van der Waals surface area (Å²) in [5, 5.41) is 8.32. The molecule has 1 atom stereocenters. The Hall–Kier alpha value is -1.65. The first-order chi connectivity index (χ1) is 6.86. The Balaban J connectivity index is 0. The van der Waals surface area contributed by atoms with E-state index >= 15 is 0 Å². The minimum absolute atomic E-state index is 0.273. The second-order valence-electron chi connectivity index (χ2n) is 2.69. The van der Waals surface area contributed by atoms with Crippen molar-refractivity contribution in [2.24, 2.45) is 5.92 Å². The molecule has 86 valence electrons. The van der Waals surface area contributed by atoms with Gasteiger partial charge in [-0.15, -0.1) is 0 Å². The van der Waals surface area contributed by atoms with Crippen LogP contribution in [0.5, 0.6) is 0 Å². The number of aliphatic carboxylic acids is 1. The summed E-state index contributed by atoms with van der Waals surface area (Å²) in [6.45, 7) is 7.45. The summed E-state index contributed by atoms with van der Waals surface area (Å²) >= 11 is 0. The quantitative estimate of drug-likeness (QED) is 0.436. The molecular formula is C10H16O5. The fourth-order valence-electron chi connectivity index (χ4n) is 0.753. The number of carbonyl (C=O) groups is 3. The molecule has 0 rings (SSSR count). The number of hydrogen-bond acceptors (Lipinski definition) is 4. The smallest absolute Gasteiger partial charge is 0.314 e. The van der Waals surface area contributed by atoms with E-state index in [1.54, 1.807) is 6.92 Å². The molecule has 5 nitrogen and oxygen atoms in total. The van der Waals surface area contributed by atoms with Gasteiger partial charge in [-0.3, -0.25) is 14.4 Å². The minimum Gasteiger partial charge on any atom is -0.481 e. The number of esters is 1. The maximum absolute atomic E-state index is 10.4. The lowest BCUT2D eigenvalue weighted by Crippen LogP contribution is -2.19. The maximum atomic E-state index is 10.4. The van der Waals surface area contributed by atoms with Crippen LogP contribution in [0.1, 0.15) is 27.2 Å². The van der Waals surface area contributed by atoms with Gasteiger partial charge in [-0.05, 0) is 13.3 Å². The summed E-state index contributed by atoms with van der Waals surface area (Å²) in [5.41, 5.74) is 0. The average Bonchev–Trinajstić information content (AvgIpc) is 2.03. The van der Waals surface area contributed by atoms with Gasteiger partial charge in [0.25, 0.3) is 0 Å². The highest BCUT2D eigenvalue weighted by Gasteiger charge is 2.19. The van der Waals surface area contributed by atoms with Gasteiger partial charge in [-0.25, -0.2) is 0 Å². The lowest BCUT2D eigenvalue weighted by Gasteiger charge is -2.01. The van der Waals surface area contributed by atoms with Crippen molar-refractivity contribution in [1.29, 1.82) is 0 Å². The van der Waals surface area contributed by atoms with Gasteiger partial charge in [-0.1, -0.05) is 13.5 Å². The third-order valence-corrected chi connectivity index (χ3v) is 1.45. The normalized spacial score (nSPS) is 10.3. The van der Waals surface area contributed by atoms with Crippen LogP contribution in [0.4, 0.5) is 0 Å². The summed E-state index contributed by atoms with van der Waals surface area (Å²) in [5.74, 6) is -2.43. The Morgan fingerprint density at radius 2 is 1.87 bits per heavy atom. The Morgan fingerprint density at radius 1 is 1.40 bits per heavy atom. The number of carbonyl (C=O) groups excluding carboxylic acids is 2. The van der Waals surface area contributed by atoms with E-state index < -0.39 is 11.9 Å². The molecule has 0 aromatic rings. The molecule has 0 aromatic carbocycles. The molecule has 0 radical (unpaired) electrons. The van der Waals surface area contributed by atoms with Crippen LogP contribution >= 0.6 is 0 Å². The number of ketones is 1. The molecule has 1 unspecified atom stereocenters. The Bertz CT molecular complexity index is 230. The first-order valence-electron chi connectivity index (χ1n) is 4.38. The molecule has 5 heteroatoms. The number of hydrogen-bond donors (Lipinski definition) is 1. The molecule has 15 heavy (non-hydrogen) atoms. The van der Waals surface area contributed by atoms with Crippen molar-refractivity contribution in [3.05, 3.63) is 12.8 Å². The number of rotatable bonds is 4. The lowest BCUT2D eigenvalue weighted by molar-refractivity contribution is -0.145. The van der Waals surface area contributed by atoms with E-state index in [9.17, 15) is 14.4 Å². The van der Waals surface area contributed by atoms with Gasteiger partial charge in [0, 0.05) is 6.92 Å². The van der Waals surface area contributed by atoms with Crippen molar-refractivity contribution < 1.29 is 24.2 Å². The monoisotopic (exact) mass is 216 g/mol. The van der Waals surface area contributed by atoms with Crippen molar-refractivity contribution >= 4 is 17.7 Å². The average molecular weight is 216 g/mol. The highest BCUT2D eigenvalue weighted by Crippen LogP contribution is 2.02. The topological polar surface area (TPSA) is 80.7 Å². The number of Topliss-reactive ketones (excluding diaryl/α,β-unsaturated/α-hetero) is 1. The Morgan fingerprint density at radius 3 is 1.87 bits per heavy atom. The van der Waals surface area contributed by atoms with Crippen LogP contribution in [0.25, 0.3) is 0 Å². The first-order valence-corrected chi connectivity index (χ1v) is 4.38. The van der Waals surface area contributed by atoms with Crippen LogP contribution in [-0.2, 0) is 19.1 Å². The van der Waals surface area contributed by atoms with Crippen LogP contribution in [0.2, 0.25) is 0 Å². The molecule has 0 aromatic heterocycles. The van der Waals surface area contributed by atoms with Crippen molar-refractivity contribution in [2.75, 3.05) is 0 Å². The maximum Gasteiger partial charge on any atom is 0.314 e. The van der Waals surface area contributed by atoms with E-state index in [-0.39, 0.29) is 11.8 Å². The van der Waals surface area contributed by atoms with E-state index in [4.69, 9.17) is 5.11 Å². The lowest BCUT2D eigenvalue weighted by atomic mass is 10.0. The van der Waals surface area contributed by atoms with E-state index in [1.165, 1.54) is 13.8 Å². The van der Waals surface area contributed by atoms with Crippen molar-refractivity contribution in [3.63, 3.8) is 0 Å². The van der Waals surface area contributed by atoms with Gasteiger partial charge in [0.15, 0.2) is 0 Å². The number of carboxylic acid groups (broad SMARTS) is 1. The van der Waals surface area contributed by atoms with Crippen molar-refractivity contribution in [1.82, 2.24) is 0 Å². The van der Waals surface area contributed by atoms with Crippen LogP contribution in [0.15, 0.2) is 12.8 Å². The molecule has 0 aliphatic carbocycles. The van der Waals surface area contributed by atoms with Crippen molar-refractivity contribution in [2.45, 2.75) is 27.2 Å². The largest absolute Gasteiger partial charge is 0.481 e. The van der Waals surface area contributed by atoms with Crippen molar-refractivity contribution in [3.8, 4) is 0 Å². The zero-order valence-electron chi connectivity index (χ0n) is 9.15. The molecule has 0 saturated carbocycles. The molecule has 0 aliphatic heterocycles. The Kier molecular flexibility index (Phi) is 9.41. The SMILES string of the molecule is C=COC(C)=O.CCC(C(C)=O)C(=O)O. The zero-order chi connectivity index (χ0) is 12.4. The molecule has 0 aliphatic rings.